The molecule has 2 aromatic carbocycles. The summed E-state index contributed by atoms with van der Waals surface area (Å²) in [4.78, 5) is 12.0. The second-order valence-electron chi connectivity index (χ2n) is 4.71. The molecular weight excluding hydrogens is 324 g/mol. The van der Waals surface area contributed by atoms with Crippen molar-refractivity contribution in [1.82, 2.24) is 0 Å². The summed E-state index contributed by atoms with van der Waals surface area (Å²) in [6.45, 7) is 0.0775. The Labute approximate surface area is 134 Å². The van der Waals surface area contributed by atoms with Gasteiger partial charge >= 0.3 is 0 Å². The zero-order valence-corrected chi connectivity index (χ0v) is 13.4. The molecule has 0 aromatic heterocycles. The summed E-state index contributed by atoms with van der Waals surface area (Å²) in [7, 11) is -3.24. The van der Waals surface area contributed by atoms with E-state index in [9.17, 15) is 13.2 Å². The third-order valence-corrected chi connectivity index (χ3v) is 4.21. The summed E-state index contributed by atoms with van der Waals surface area (Å²) in [5.41, 5.74) is 1.28. The molecule has 116 valence electrons. The van der Waals surface area contributed by atoms with Crippen molar-refractivity contribution in [2.75, 3.05) is 23.4 Å². The molecule has 2 aromatic rings. The fourth-order valence-electron chi connectivity index (χ4n) is 1.77. The van der Waals surface area contributed by atoms with E-state index < -0.39 is 9.84 Å². The van der Waals surface area contributed by atoms with Crippen LogP contribution < -0.4 is 10.6 Å². The highest BCUT2D eigenvalue weighted by Crippen LogP contribution is 2.15. The summed E-state index contributed by atoms with van der Waals surface area (Å²) in [6, 6.07) is 13.1. The summed E-state index contributed by atoms with van der Waals surface area (Å²) < 4.78 is 22.7. The average Bonchev–Trinajstić information content (AvgIpc) is 2.45. The van der Waals surface area contributed by atoms with E-state index in [0.29, 0.717) is 10.7 Å². The van der Waals surface area contributed by atoms with Gasteiger partial charge in [-0.3, -0.25) is 4.79 Å². The Morgan fingerprint density at radius 1 is 1.09 bits per heavy atom. The molecule has 0 saturated carbocycles. The minimum atomic E-state index is -3.24. The Balaban J connectivity index is 1.92. The fourth-order valence-corrected chi connectivity index (χ4v) is 2.59. The van der Waals surface area contributed by atoms with E-state index in [1.165, 1.54) is 12.1 Å². The van der Waals surface area contributed by atoms with E-state index in [4.69, 9.17) is 11.6 Å². The van der Waals surface area contributed by atoms with Crippen LogP contribution in [0.15, 0.2) is 53.4 Å². The van der Waals surface area contributed by atoms with Gasteiger partial charge in [-0.25, -0.2) is 8.42 Å². The van der Waals surface area contributed by atoms with Crippen LogP contribution in [0.3, 0.4) is 0 Å². The van der Waals surface area contributed by atoms with Gasteiger partial charge in [0.25, 0.3) is 0 Å². The normalized spacial score (nSPS) is 11.0. The van der Waals surface area contributed by atoms with Crippen LogP contribution in [0.4, 0.5) is 11.4 Å². The molecular formula is C15H15ClN2O3S. The number of hydrogen-bond acceptors (Lipinski definition) is 4. The van der Waals surface area contributed by atoms with Crippen molar-refractivity contribution in [1.29, 1.82) is 0 Å². The first-order chi connectivity index (χ1) is 10.3. The van der Waals surface area contributed by atoms with Crippen LogP contribution in [-0.2, 0) is 14.6 Å². The Bertz CT molecular complexity index is 774. The van der Waals surface area contributed by atoms with Crippen molar-refractivity contribution in [3.05, 3.63) is 53.6 Å². The number of nitrogens with one attached hydrogen (secondary N) is 2. The second kappa shape index (κ2) is 6.81. The lowest BCUT2D eigenvalue weighted by Gasteiger charge is -2.08. The number of carbonyl (C=O) groups is 1. The molecule has 0 bridgehead atoms. The zero-order valence-electron chi connectivity index (χ0n) is 11.8. The van der Waals surface area contributed by atoms with Crippen LogP contribution in [-0.4, -0.2) is 27.1 Å². The maximum absolute atomic E-state index is 11.8. The van der Waals surface area contributed by atoms with Crippen LogP contribution in [0.5, 0.6) is 0 Å². The quantitative estimate of drug-likeness (QED) is 0.879. The minimum absolute atomic E-state index is 0.0775. The smallest absolute Gasteiger partial charge is 0.243 e. The summed E-state index contributed by atoms with van der Waals surface area (Å²) in [6.07, 6.45) is 1.13. The Morgan fingerprint density at radius 2 is 1.77 bits per heavy atom. The van der Waals surface area contributed by atoms with Crippen LogP contribution in [0.1, 0.15) is 0 Å². The standard InChI is InChI=1S/C15H15ClN2O3S/c1-22(20,21)14-7-5-12(6-8-14)18-15(19)10-17-13-4-2-3-11(16)9-13/h2-9,17H,10H2,1H3,(H,18,19). The number of carbonyl (C=O) groups excluding carboxylic acids is 1. The van der Waals surface area contributed by atoms with Gasteiger partial charge in [0.2, 0.25) is 5.91 Å². The van der Waals surface area contributed by atoms with E-state index in [0.717, 1.165) is 11.9 Å². The summed E-state index contributed by atoms with van der Waals surface area (Å²) >= 11 is 5.85. The van der Waals surface area contributed by atoms with Gasteiger partial charge in [-0.1, -0.05) is 17.7 Å². The number of rotatable bonds is 5. The molecule has 7 heteroatoms. The molecule has 0 spiro atoms. The van der Waals surface area contributed by atoms with E-state index in [-0.39, 0.29) is 17.3 Å². The molecule has 0 aliphatic heterocycles. The van der Waals surface area contributed by atoms with Crippen LogP contribution in [0.2, 0.25) is 5.02 Å². The Hall–Kier alpha value is -2.05. The zero-order chi connectivity index (χ0) is 16.2. The molecule has 1 amide bonds. The lowest BCUT2D eigenvalue weighted by molar-refractivity contribution is -0.114. The molecule has 0 heterocycles. The van der Waals surface area contributed by atoms with Crippen molar-refractivity contribution in [2.24, 2.45) is 0 Å². The third kappa shape index (κ3) is 4.75. The molecule has 0 fully saturated rings. The van der Waals surface area contributed by atoms with Crippen LogP contribution in [0, 0.1) is 0 Å². The molecule has 0 aliphatic rings. The number of amides is 1. The van der Waals surface area contributed by atoms with E-state index in [1.807, 2.05) is 0 Å². The molecule has 5 nitrogen and oxygen atoms in total. The largest absolute Gasteiger partial charge is 0.376 e. The fraction of sp³-hybridized carbons (Fsp3) is 0.133. The lowest BCUT2D eigenvalue weighted by atomic mass is 10.3. The highest BCUT2D eigenvalue weighted by atomic mass is 35.5. The molecule has 2 rings (SSSR count). The predicted molar refractivity (Wildman–Crippen MR) is 88.1 cm³/mol. The van der Waals surface area contributed by atoms with Gasteiger partial charge in [-0.05, 0) is 42.5 Å². The topological polar surface area (TPSA) is 75.3 Å². The molecule has 0 radical (unpaired) electrons. The van der Waals surface area contributed by atoms with Crippen molar-refractivity contribution in [2.45, 2.75) is 4.90 Å². The summed E-state index contributed by atoms with van der Waals surface area (Å²) in [5, 5.41) is 6.21. The molecule has 0 aliphatic carbocycles. The number of halogens is 1. The average molecular weight is 339 g/mol. The van der Waals surface area contributed by atoms with Crippen LogP contribution >= 0.6 is 11.6 Å². The van der Waals surface area contributed by atoms with Crippen LogP contribution in [0.25, 0.3) is 0 Å². The van der Waals surface area contributed by atoms with Gasteiger partial charge in [0, 0.05) is 22.7 Å². The first-order valence-electron chi connectivity index (χ1n) is 6.44. The SMILES string of the molecule is CS(=O)(=O)c1ccc(NC(=O)CNc2cccc(Cl)c2)cc1. The van der Waals surface area contributed by atoms with Crippen molar-refractivity contribution in [3.8, 4) is 0 Å². The van der Waals surface area contributed by atoms with Crippen molar-refractivity contribution < 1.29 is 13.2 Å². The maximum Gasteiger partial charge on any atom is 0.243 e. The first kappa shape index (κ1) is 16.3. The Kier molecular flexibility index (Phi) is 5.05. The molecule has 0 atom stereocenters. The van der Waals surface area contributed by atoms with Gasteiger partial charge in [0.15, 0.2) is 9.84 Å². The van der Waals surface area contributed by atoms with E-state index in [1.54, 1.807) is 36.4 Å². The molecule has 0 saturated heterocycles. The van der Waals surface area contributed by atoms with Gasteiger partial charge < -0.3 is 10.6 Å². The number of benzene rings is 2. The number of sulfone groups is 1. The van der Waals surface area contributed by atoms with E-state index in [2.05, 4.69) is 10.6 Å². The first-order valence-corrected chi connectivity index (χ1v) is 8.71. The molecule has 0 unspecified atom stereocenters. The monoisotopic (exact) mass is 338 g/mol. The van der Waals surface area contributed by atoms with E-state index >= 15 is 0 Å². The minimum Gasteiger partial charge on any atom is -0.376 e. The summed E-state index contributed by atoms with van der Waals surface area (Å²) in [5.74, 6) is -0.243. The number of anilines is 2. The van der Waals surface area contributed by atoms with Crippen molar-refractivity contribution >= 4 is 38.7 Å². The number of hydrogen-bond donors (Lipinski definition) is 2. The maximum atomic E-state index is 11.8. The highest BCUT2D eigenvalue weighted by molar-refractivity contribution is 7.90. The Morgan fingerprint density at radius 3 is 2.36 bits per heavy atom. The second-order valence-corrected chi connectivity index (χ2v) is 7.16. The molecule has 2 N–H and O–H groups in total. The van der Waals surface area contributed by atoms with Gasteiger partial charge in [0.05, 0.1) is 11.4 Å². The van der Waals surface area contributed by atoms with Gasteiger partial charge in [0.1, 0.15) is 0 Å². The van der Waals surface area contributed by atoms with Crippen molar-refractivity contribution in [3.63, 3.8) is 0 Å². The molecule has 22 heavy (non-hydrogen) atoms. The van der Waals surface area contributed by atoms with Gasteiger partial charge in [-0.15, -0.1) is 0 Å². The lowest BCUT2D eigenvalue weighted by Crippen LogP contribution is -2.21. The predicted octanol–water partition coefficient (Wildman–Crippen LogP) is 2.79. The highest BCUT2D eigenvalue weighted by Gasteiger charge is 2.07. The third-order valence-electron chi connectivity index (χ3n) is 2.84. The van der Waals surface area contributed by atoms with Gasteiger partial charge in [-0.2, -0.15) is 0 Å².